The van der Waals surface area contributed by atoms with E-state index in [1.807, 2.05) is 0 Å². The molecule has 0 aliphatic carbocycles. The molecule has 0 atom stereocenters. The maximum absolute atomic E-state index is 11.7. The molecule has 0 radical (unpaired) electrons. The quantitative estimate of drug-likeness (QED) is 0.391. The van der Waals surface area contributed by atoms with Crippen molar-refractivity contribution in [2.75, 3.05) is 6.54 Å². The number of carboxylic acids is 1. The SMILES string of the molecule is O=C(O)CCCCCCCNNC(=O)c1ccccc1O. The Balaban J connectivity index is 2.03. The fourth-order valence-electron chi connectivity index (χ4n) is 1.90. The highest BCUT2D eigenvalue weighted by molar-refractivity contribution is 5.96. The number of rotatable bonds is 10. The van der Waals surface area contributed by atoms with E-state index in [2.05, 4.69) is 10.9 Å². The van der Waals surface area contributed by atoms with Gasteiger partial charge in [0, 0.05) is 13.0 Å². The molecule has 0 fully saturated rings. The number of aliphatic carboxylic acids is 1. The molecule has 1 aromatic rings. The molecular weight excluding hydrogens is 272 g/mol. The van der Waals surface area contributed by atoms with Crippen LogP contribution in [-0.2, 0) is 4.79 Å². The number of hydrazine groups is 1. The number of para-hydroxylation sites is 1. The zero-order chi connectivity index (χ0) is 15.5. The number of amides is 1. The van der Waals surface area contributed by atoms with E-state index in [9.17, 15) is 14.7 Å². The molecule has 0 unspecified atom stereocenters. The van der Waals surface area contributed by atoms with Gasteiger partial charge >= 0.3 is 5.97 Å². The van der Waals surface area contributed by atoms with Crippen molar-refractivity contribution in [3.05, 3.63) is 29.8 Å². The molecule has 0 heterocycles. The third-order valence-corrected chi connectivity index (χ3v) is 3.04. The van der Waals surface area contributed by atoms with Gasteiger partial charge in [-0.05, 0) is 25.0 Å². The van der Waals surface area contributed by atoms with E-state index in [0.717, 1.165) is 25.7 Å². The van der Waals surface area contributed by atoms with Crippen LogP contribution in [0, 0.1) is 0 Å². The highest BCUT2D eigenvalue weighted by Crippen LogP contribution is 2.14. The van der Waals surface area contributed by atoms with Crippen LogP contribution in [0.25, 0.3) is 0 Å². The maximum atomic E-state index is 11.7. The molecule has 116 valence electrons. The van der Waals surface area contributed by atoms with Gasteiger partial charge in [-0.2, -0.15) is 0 Å². The van der Waals surface area contributed by atoms with Crippen molar-refractivity contribution < 1.29 is 19.8 Å². The van der Waals surface area contributed by atoms with Gasteiger partial charge in [-0.15, -0.1) is 0 Å². The Hall–Kier alpha value is -2.08. The van der Waals surface area contributed by atoms with E-state index < -0.39 is 5.97 Å². The summed E-state index contributed by atoms with van der Waals surface area (Å²) in [6.45, 7) is 0.637. The van der Waals surface area contributed by atoms with Gasteiger partial charge in [-0.25, -0.2) is 5.43 Å². The zero-order valence-corrected chi connectivity index (χ0v) is 12.0. The largest absolute Gasteiger partial charge is 0.507 e. The van der Waals surface area contributed by atoms with Gasteiger partial charge < -0.3 is 10.2 Å². The first-order valence-electron chi connectivity index (χ1n) is 7.14. The van der Waals surface area contributed by atoms with E-state index in [1.165, 1.54) is 6.07 Å². The van der Waals surface area contributed by atoms with Gasteiger partial charge in [-0.1, -0.05) is 31.4 Å². The topological polar surface area (TPSA) is 98.7 Å². The average Bonchev–Trinajstić information content (AvgIpc) is 2.45. The minimum atomic E-state index is -0.747. The summed E-state index contributed by atoms with van der Waals surface area (Å²) in [5.74, 6) is -1.16. The van der Waals surface area contributed by atoms with E-state index in [-0.39, 0.29) is 23.6 Å². The van der Waals surface area contributed by atoms with Crippen molar-refractivity contribution >= 4 is 11.9 Å². The summed E-state index contributed by atoms with van der Waals surface area (Å²) in [7, 11) is 0. The molecule has 1 rings (SSSR count). The predicted molar refractivity (Wildman–Crippen MR) is 78.9 cm³/mol. The van der Waals surface area contributed by atoms with Gasteiger partial charge in [0.2, 0.25) is 0 Å². The Morgan fingerprint density at radius 2 is 1.67 bits per heavy atom. The molecule has 0 saturated carbocycles. The van der Waals surface area contributed by atoms with Crippen LogP contribution >= 0.6 is 0 Å². The number of hydrogen-bond acceptors (Lipinski definition) is 4. The summed E-state index contributed by atoms with van der Waals surface area (Å²) in [6, 6.07) is 6.36. The van der Waals surface area contributed by atoms with Gasteiger partial charge in [0.15, 0.2) is 0 Å². The fraction of sp³-hybridized carbons (Fsp3) is 0.467. The highest BCUT2D eigenvalue weighted by Gasteiger charge is 2.08. The highest BCUT2D eigenvalue weighted by atomic mass is 16.4. The Kier molecular flexibility index (Phi) is 7.89. The molecule has 0 spiro atoms. The molecule has 0 bridgehead atoms. The predicted octanol–water partition coefficient (Wildman–Crippen LogP) is 2.05. The number of unbranched alkanes of at least 4 members (excludes halogenated alkanes) is 4. The smallest absolute Gasteiger partial charge is 0.303 e. The van der Waals surface area contributed by atoms with Crippen LogP contribution in [0.3, 0.4) is 0 Å². The summed E-state index contributed by atoms with van der Waals surface area (Å²) in [6.07, 6.45) is 4.73. The number of hydrogen-bond donors (Lipinski definition) is 4. The van der Waals surface area contributed by atoms with Gasteiger partial charge in [0.05, 0.1) is 5.56 Å². The van der Waals surface area contributed by atoms with Crippen LogP contribution in [0.1, 0.15) is 48.9 Å². The van der Waals surface area contributed by atoms with Gasteiger partial charge in [0.25, 0.3) is 5.91 Å². The minimum Gasteiger partial charge on any atom is -0.507 e. The van der Waals surface area contributed by atoms with Crippen molar-refractivity contribution in [3.63, 3.8) is 0 Å². The lowest BCUT2D eigenvalue weighted by molar-refractivity contribution is -0.137. The van der Waals surface area contributed by atoms with Crippen LogP contribution in [0.5, 0.6) is 5.75 Å². The molecule has 6 heteroatoms. The lowest BCUT2D eigenvalue weighted by Crippen LogP contribution is -2.37. The van der Waals surface area contributed by atoms with E-state index in [0.29, 0.717) is 13.0 Å². The number of nitrogens with one attached hydrogen (secondary N) is 2. The second kappa shape index (κ2) is 9.77. The number of benzene rings is 1. The third kappa shape index (κ3) is 7.31. The number of aromatic hydroxyl groups is 1. The lowest BCUT2D eigenvalue weighted by atomic mass is 10.1. The molecule has 0 aliphatic rings. The number of phenols is 1. The normalized spacial score (nSPS) is 10.3. The number of carboxylic acid groups (broad SMARTS) is 1. The molecule has 1 aromatic carbocycles. The first kappa shape index (κ1) is 17.0. The summed E-state index contributed by atoms with van der Waals surface area (Å²) >= 11 is 0. The lowest BCUT2D eigenvalue weighted by Gasteiger charge is -2.08. The van der Waals surface area contributed by atoms with Crippen LogP contribution in [-0.4, -0.2) is 28.6 Å². The first-order valence-corrected chi connectivity index (χ1v) is 7.14. The minimum absolute atomic E-state index is 0.0461. The van der Waals surface area contributed by atoms with Crippen LogP contribution in [0.2, 0.25) is 0 Å². The maximum Gasteiger partial charge on any atom is 0.303 e. The molecule has 6 nitrogen and oxygen atoms in total. The number of phenolic OH excluding ortho intramolecular Hbond substituents is 1. The third-order valence-electron chi connectivity index (χ3n) is 3.04. The van der Waals surface area contributed by atoms with Crippen molar-refractivity contribution in [1.82, 2.24) is 10.9 Å². The molecule has 21 heavy (non-hydrogen) atoms. The molecule has 0 aliphatic heterocycles. The van der Waals surface area contributed by atoms with E-state index in [4.69, 9.17) is 5.11 Å². The van der Waals surface area contributed by atoms with Gasteiger partial charge in [0.1, 0.15) is 5.75 Å². The Morgan fingerprint density at radius 3 is 2.38 bits per heavy atom. The number of carbonyl (C=O) groups excluding carboxylic acids is 1. The van der Waals surface area contributed by atoms with E-state index in [1.54, 1.807) is 18.2 Å². The summed E-state index contributed by atoms with van der Waals surface area (Å²) in [4.78, 5) is 22.0. The van der Waals surface area contributed by atoms with Crippen molar-refractivity contribution in [3.8, 4) is 5.75 Å². The summed E-state index contributed by atoms with van der Waals surface area (Å²) in [5.41, 5.74) is 5.58. The number of carbonyl (C=O) groups is 2. The average molecular weight is 294 g/mol. The van der Waals surface area contributed by atoms with Crippen molar-refractivity contribution in [2.24, 2.45) is 0 Å². The second-order valence-electron chi connectivity index (χ2n) is 4.81. The van der Waals surface area contributed by atoms with Gasteiger partial charge in [-0.3, -0.25) is 15.0 Å². The van der Waals surface area contributed by atoms with E-state index >= 15 is 0 Å². The molecule has 4 N–H and O–H groups in total. The van der Waals surface area contributed by atoms with Crippen LogP contribution in [0.4, 0.5) is 0 Å². The second-order valence-corrected chi connectivity index (χ2v) is 4.81. The summed E-state index contributed by atoms with van der Waals surface area (Å²) < 4.78 is 0. The molecule has 1 amide bonds. The van der Waals surface area contributed by atoms with Crippen LogP contribution < -0.4 is 10.9 Å². The monoisotopic (exact) mass is 294 g/mol. The first-order chi connectivity index (χ1) is 10.1. The summed E-state index contributed by atoms with van der Waals surface area (Å²) in [5, 5.41) is 18.0. The fourth-order valence-corrected chi connectivity index (χ4v) is 1.90. The Labute approximate surface area is 124 Å². The Bertz CT molecular complexity index is 463. The van der Waals surface area contributed by atoms with Crippen molar-refractivity contribution in [1.29, 1.82) is 0 Å². The Morgan fingerprint density at radius 1 is 1.00 bits per heavy atom. The molecular formula is C15H22N2O4. The molecule has 0 saturated heterocycles. The standard InChI is InChI=1S/C15H22N2O4/c18-13-9-6-5-8-12(13)15(21)17-16-11-7-3-1-2-4-10-14(19)20/h5-6,8-9,16,18H,1-4,7,10-11H2,(H,17,21)(H,19,20). The molecule has 0 aromatic heterocycles. The zero-order valence-electron chi connectivity index (χ0n) is 12.0. The van der Waals surface area contributed by atoms with Crippen molar-refractivity contribution in [2.45, 2.75) is 38.5 Å². The van der Waals surface area contributed by atoms with Crippen LogP contribution in [0.15, 0.2) is 24.3 Å².